The molecule has 1 aliphatic heterocycles. The Bertz CT molecular complexity index is 953. The van der Waals surface area contributed by atoms with Crippen molar-refractivity contribution in [3.8, 4) is 5.69 Å². The second kappa shape index (κ2) is 7.86. The number of anilines is 1. The van der Waals surface area contributed by atoms with E-state index in [2.05, 4.69) is 10.4 Å². The number of urea groups is 1. The van der Waals surface area contributed by atoms with Gasteiger partial charge in [0.25, 0.3) is 0 Å². The van der Waals surface area contributed by atoms with Gasteiger partial charge in [0, 0.05) is 6.54 Å². The molecule has 0 aliphatic carbocycles. The molecule has 1 unspecified atom stereocenters. The summed E-state index contributed by atoms with van der Waals surface area (Å²) in [5.74, 6) is 0. The number of morpholine rings is 1. The lowest BCUT2D eigenvalue weighted by Crippen LogP contribution is -2.45. The van der Waals surface area contributed by atoms with Crippen LogP contribution in [0.15, 0.2) is 60.7 Å². The summed E-state index contributed by atoms with van der Waals surface area (Å²) in [5.41, 5.74) is 4.50. The molecule has 3 aromatic rings. The van der Waals surface area contributed by atoms with Gasteiger partial charge < -0.3 is 15.0 Å². The fourth-order valence-corrected chi connectivity index (χ4v) is 3.62. The number of nitrogens with one attached hydrogen (secondary N) is 1. The van der Waals surface area contributed by atoms with Gasteiger partial charge in [0.1, 0.15) is 0 Å². The van der Waals surface area contributed by atoms with E-state index in [-0.39, 0.29) is 12.1 Å². The van der Waals surface area contributed by atoms with Crippen molar-refractivity contribution in [3.63, 3.8) is 0 Å². The van der Waals surface area contributed by atoms with E-state index < -0.39 is 0 Å². The minimum atomic E-state index is -0.129. The molecule has 6 nitrogen and oxygen atoms in total. The van der Waals surface area contributed by atoms with Gasteiger partial charge >= 0.3 is 6.03 Å². The summed E-state index contributed by atoms with van der Waals surface area (Å²) in [4.78, 5) is 15.0. The fraction of sp³-hybridized carbons (Fsp3) is 0.273. The maximum Gasteiger partial charge on any atom is 0.322 e. The number of hydrogen-bond donors (Lipinski definition) is 1. The number of carbonyl (C=O) groups excluding carboxylic acids is 1. The predicted molar refractivity (Wildman–Crippen MR) is 109 cm³/mol. The average molecular weight is 376 g/mol. The third-order valence-electron chi connectivity index (χ3n) is 5.10. The van der Waals surface area contributed by atoms with Crippen LogP contribution in [0.2, 0.25) is 0 Å². The number of ether oxygens (including phenoxy) is 1. The van der Waals surface area contributed by atoms with Crippen LogP contribution >= 0.6 is 0 Å². The van der Waals surface area contributed by atoms with Gasteiger partial charge in [-0.05, 0) is 31.5 Å². The summed E-state index contributed by atoms with van der Waals surface area (Å²) < 4.78 is 7.50. The van der Waals surface area contributed by atoms with E-state index in [9.17, 15) is 4.79 Å². The quantitative estimate of drug-likeness (QED) is 0.749. The number of para-hydroxylation sites is 1. The highest BCUT2D eigenvalue weighted by Gasteiger charge is 2.29. The highest BCUT2D eigenvalue weighted by atomic mass is 16.5. The molecule has 0 radical (unpaired) electrons. The molecule has 0 bridgehead atoms. The first-order chi connectivity index (χ1) is 13.6. The van der Waals surface area contributed by atoms with Crippen molar-refractivity contribution in [2.75, 3.05) is 25.1 Å². The Morgan fingerprint density at radius 3 is 2.46 bits per heavy atom. The van der Waals surface area contributed by atoms with E-state index in [0.717, 1.165) is 28.3 Å². The van der Waals surface area contributed by atoms with Crippen molar-refractivity contribution in [2.24, 2.45) is 0 Å². The van der Waals surface area contributed by atoms with Gasteiger partial charge in [0.15, 0.2) is 0 Å². The standard InChI is InChI=1S/C22H24N4O2/c1-16-21(17(2)26(24-16)19-11-7-4-8-12-19)23-22(27)25-13-14-28-15-20(25)18-9-5-3-6-10-18/h3-12,20H,13-15H2,1-2H3,(H,23,27). The molecule has 6 heteroatoms. The fourth-order valence-electron chi connectivity index (χ4n) is 3.62. The van der Waals surface area contributed by atoms with Crippen molar-refractivity contribution in [3.05, 3.63) is 77.6 Å². The predicted octanol–water partition coefficient (Wildman–Crippen LogP) is 4.09. The SMILES string of the molecule is Cc1nn(-c2ccccc2)c(C)c1NC(=O)N1CCOCC1c1ccccc1. The van der Waals surface area contributed by atoms with E-state index in [1.165, 1.54) is 0 Å². The molecule has 4 rings (SSSR count). The Labute approximate surface area is 164 Å². The zero-order chi connectivity index (χ0) is 19.5. The van der Waals surface area contributed by atoms with Crippen LogP contribution in [0.25, 0.3) is 5.69 Å². The van der Waals surface area contributed by atoms with Gasteiger partial charge in [0.2, 0.25) is 0 Å². The highest BCUT2D eigenvalue weighted by Crippen LogP contribution is 2.27. The normalized spacial score (nSPS) is 16.8. The van der Waals surface area contributed by atoms with Gasteiger partial charge in [-0.3, -0.25) is 0 Å². The molecule has 1 atom stereocenters. The second-order valence-corrected chi connectivity index (χ2v) is 6.92. The van der Waals surface area contributed by atoms with E-state index >= 15 is 0 Å². The maximum atomic E-state index is 13.1. The topological polar surface area (TPSA) is 59.4 Å². The first-order valence-corrected chi connectivity index (χ1v) is 9.47. The van der Waals surface area contributed by atoms with Crippen LogP contribution < -0.4 is 5.32 Å². The maximum absolute atomic E-state index is 13.1. The van der Waals surface area contributed by atoms with Gasteiger partial charge in [-0.25, -0.2) is 9.48 Å². The van der Waals surface area contributed by atoms with Crippen molar-refractivity contribution in [1.29, 1.82) is 0 Å². The Kier molecular flexibility index (Phi) is 5.12. The van der Waals surface area contributed by atoms with Crippen LogP contribution in [-0.2, 0) is 4.74 Å². The summed E-state index contributed by atoms with van der Waals surface area (Å²) >= 11 is 0. The Balaban J connectivity index is 1.59. The van der Waals surface area contributed by atoms with Crippen LogP contribution in [0, 0.1) is 13.8 Å². The van der Waals surface area contributed by atoms with E-state index in [1.54, 1.807) is 0 Å². The average Bonchev–Trinajstić information content (AvgIpc) is 3.03. The lowest BCUT2D eigenvalue weighted by atomic mass is 10.1. The van der Waals surface area contributed by atoms with Crippen LogP contribution in [0.4, 0.5) is 10.5 Å². The molecule has 2 aromatic carbocycles. The molecule has 1 fully saturated rings. The van der Waals surface area contributed by atoms with Gasteiger partial charge in [0.05, 0.1) is 42.0 Å². The summed E-state index contributed by atoms with van der Waals surface area (Å²) in [6.45, 7) is 5.47. The molecular weight excluding hydrogens is 352 g/mol. The molecule has 1 saturated heterocycles. The molecule has 1 N–H and O–H groups in total. The van der Waals surface area contributed by atoms with Gasteiger partial charge in [-0.15, -0.1) is 0 Å². The van der Waals surface area contributed by atoms with E-state index in [0.29, 0.717) is 19.8 Å². The Hall–Kier alpha value is -3.12. The van der Waals surface area contributed by atoms with Crippen LogP contribution in [-0.4, -0.2) is 40.5 Å². The monoisotopic (exact) mass is 376 g/mol. The lowest BCUT2D eigenvalue weighted by Gasteiger charge is -2.35. The molecule has 2 amide bonds. The summed E-state index contributed by atoms with van der Waals surface area (Å²) in [7, 11) is 0. The van der Waals surface area contributed by atoms with E-state index in [4.69, 9.17) is 4.74 Å². The number of aryl methyl sites for hydroxylation is 1. The second-order valence-electron chi connectivity index (χ2n) is 6.92. The largest absolute Gasteiger partial charge is 0.377 e. The summed E-state index contributed by atoms with van der Waals surface area (Å²) in [6, 6.07) is 19.7. The van der Waals surface area contributed by atoms with Gasteiger partial charge in [-0.2, -0.15) is 5.10 Å². The van der Waals surface area contributed by atoms with Crippen molar-refractivity contribution >= 4 is 11.7 Å². The number of nitrogens with zero attached hydrogens (tertiary/aromatic N) is 3. The summed E-state index contributed by atoms with van der Waals surface area (Å²) in [6.07, 6.45) is 0. The molecule has 0 saturated carbocycles. The Morgan fingerprint density at radius 1 is 1.07 bits per heavy atom. The Morgan fingerprint density at radius 2 is 1.75 bits per heavy atom. The molecular formula is C22H24N4O2. The molecule has 2 heterocycles. The molecule has 1 aliphatic rings. The number of amides is 2. The molecule has 1 aromatic heterocycles. The smallest absolute Gasteiger partial charge is 0.322 e. The molecule has 28 heavy (non-hydrogen) atoms. The molecule has 144 valence electrons. The van der Waals surface area contributed by atoms with Crippen LogP contribution in [0.3, 0.4) is 0 Å². The molecule has 0 spiro atoms. The van der Waals surface area contributed by atoms with Crippen LogP contribution in [0.5, 0.6) is 0 Å². The van der Waals surface area contributed by atoms with Crippen molar-refractivity contribution in [1.82, 2.24) is 14.7 Å². The third kappa shape index (κ3) is 3.51. The summed E-state index contributed by atoms with van der Waals surface area (Å²) in [5, 5.41) is 7.70. The van der Waals surface area contributed by atoms with Crippen LogP contribution in [0.1, 0.15) is 23.0 Å². The minimum Gasteiger partial charge on any atom is -0.377 e. The highest BCUT2D eigenvalue weighted by molar-refractivity contribution is 5.91. The van der Waals surface area contributed by atoms with Crippen molar-refractivity contribution < 1.29 is 9.53 Å². The number of benzene rings is 2. The number of hydrogen-bond acceptors (Lipinski definition) is 3. The van der Waals surface area contributed by atoms with E-state index in [1.807, 2.05) is 84.1 Å². The minimum absolute atomic E-state index is 0.0975. The van der Waals surface area contributed by atoms with Gasteiger partial charge in [-0.1, -0.05) is 48.5 Å². The number of aromatic nitrogens is 2. The lowest BCUT2D eigenvalue weighted by molar-refractivity contribution is 0.0147. The number of rotatable bonds is 3. The third-order valence-corrected chi connectivity index (χ3v) is 5.10. The number of carbonyl (C=O) groups is 1. The first-order valence-electron chi connectivity index (χ1n) is 9.47. The first kappa shape index (κ1) is 18.3. The zero-order valence-corrected chi connectivity index (χ0v) is 16.1. The van der Waals surface area contributed by atoms with Crippen molar-refractivity contribution in [2.45, 2.75) is 19.9 Å². The zero-order valence-electron chi connectivity index (χ0n) is 16.1.